The van der Waals surface area contributed by atoms with Crippen molar-refractivity contribution in [1.29, 1.82) is 0 Å². The Kier molecular flexibility index (Phi) is 11.2. The molecule has 2 rings (SSSR count). The van der Waals surface area contributed by atoms with Crippen LogP contribution in [-0.2, 0) is 20.5 Å². The van der Waals surface area contributed by atoms with E-state index in [2.05, 4.69) is 11.7 Å². The zero-order valence-electron chi connectivity index (χ0n) is 16.9. The molecule has 0 amide bonds. The van der Waals surface area contributed by atoms with E-state index < -0.39 is 7.67 Å². The molecule has 0 spiro atoms. The van der Waals surface area contributed by atoms with Crippen molar-refractivity contribution in [3.05, 3.63) is 66.2 Å². The smallest absolute Gasteiger partial charge is 0.390 e. The van der Waals surface area contributed by atoms with Gasteiger partial charge in [-0.3, -0.25) is 4.79 Å². The first kappa shape index (κ1) is 23.9. The molecule has 2 N–H and O–H groups in total. The molecule has 0 aliphatic rings. The van der Waals surface area contributed by atoms with E-state index in [1.54, 1.807) is 23.9 Å². The first-order chi connectivity index (χ1) is 13.3. The number of carbonyl (C=O) groups is 1. The van der Waals surface area contributed by atoms with Crippen molar-refractivity contribution in [2.24, 2.45) is 5.50 Å². The van der Waals surface area contributed by atoms with Gasteiger partial charge in [-0.2, -0.15) is 0 Å². The Balaban J connectivity index is 0.000000416. The highest BCUT2D eigenvalue weighted by atomic mass is 31.2. The zero-order chi connectivity index (χ0) is 20.8. The van der Waals surface area contributed by atoms with Gasteiger partial charge in [0, 0.05) is 13.5 Å². The van der Waals surface area contributed by atoms with Crippen molar-refractivity contribution in [2.45, 2.75) is 33.1 Å². The number of carbonyl (C=O) groups excluding carboxylic acids is 1. The van der Waals surface area contributed by atoms with Crippen LogP contribution >= 0.6 is 7.67 Å². The van der Waals surface area contributed by atoms with Crippen LogP contribution in [0.2, 0.25) is 0 Å². The van der Waals surface area contributed by atoms with Gasteiger partial charge in [0.15, 0.2) is 0 Å². The number of ether oxygens (including phenoxy) is 1. The SMILES string of the molecule is CCCCOC(C)=O.CN(CCc1ccccc1)P(N)(=O)Oc1ccccc1. The Morgan fingerprint density at radius 2 is 1.64 bits per heavy atom. The van der Waals surface area contributed by atoms with Crippen LogP contribution in [-0.4, -0.2) is 30.8 Å². The predicted molar refractivity (Wildman–Crippen MR) is 113 cm³/mol. The topological polar surface area (TPSA) is 81.9 Å². The lowest BCUT2D eigenvalue weighted by Gasteiger charge is -2.24. The number of benzene rings is 2. The van der Waals surface area contributed by atoms with Gasteiger partial charge in [0.2, 0.25) is 0 Å². The minimum Gasteiger partial charge on any atom is -0.466 e. The van der Waals surface area contributed by atoms with Gasteiger partial charge in [-0.15, -0.1) is 0 Å². The number of nitrogens with zero attached hydrogens (tertiary/aromatic N) is 1. The Bertz CT molecular complexity index is 726. The van der Waals surface area contributed by atoms with E-state index in [1.165, 1.54) is 12.5 Å². The second-order valence-corrected chi connectivity index (χ2v) is 8.27. The lowest BCUT2D eigenvalue weighted by Crippen LogP contribution is -2.25. The Morgan fingerprint density at radius 1 is 1.07 bits per heavy atom. The first-order valence-electron chi connectivity index (χ1n) is 9.37. The fraction of sp³-hybridized carbons (Fsp3) is 0.381. The summed E-state index contributed by atoms with van der Waals surface area (Å²) in [5.74, 6) is 0.336. The highest BCUT2D eigenvalue weighted by molar-refractivity contribution is 7.54. The molecule has 0 radical (unpaired) electrons. The molecule has 0 aliphatic heterocycles. The van der Waals surface area contributed by atoms with Gasteiger partial charge in [-0.1, -0.05) is 61.9 Å². The van der Waals surface area contributed by atoms with E-state index in [-0.39, 0.29) is 5.97 Å². The van der Waals surface area contributed by atoms with Crippen LogP contribution in [0.3, 0.4) is 0 Å². The lowest BCUT2D eigenvalue weighted by atomic mass is 10.2. The predicted octanol–water partition coefficient (Wildman–Crippen LogP) is 4.66. The molecule has 2 aromatic rings. The highest BCUT2D eigenvalue weighted by Gasteiger charge is 2.24. The van der Waals surface area contributed by atoms with Crippen molar-refractivity contribution < 1.29 is 18.6 Å². The second-order valence-electron chi connectivity index (χ2n) is 6.28. The summed E-state index contributed by atoms with van der Waals surface area (Å²) in [5.41, 5.74) is 7.00. The van der Waals surface area contributed by atoms with E-state index in [9.17, 15) is 9.36 Å². The van der Waals surface area contributed by atoms with Gasteiger partial charge < -0.3 is 9.26 Å². The van der Waals surface area contributed by atoms with E-state index in [0.717, 1.165) is 19.3 Å². The molecule has 0 bridgehead atoms. The fourth-order valence-electron chi connectivity index (χ4n) is 2.14. The molecule has 0 aliphatic carbocycles. The standard InChI is InChI=1S/C15H19N2O2P.C6H12O2/c1-17(13-12-14-8-4-2-5-9-14)20(16,18)19-15-10-6-3-7-11-15;1-3-4-5-8-6(2)7/h2-11H,12-13H2,1H3,(H2,16,18);3-5H2,1-2H3. The van der Waals surface area contributed by atoms with Crippen molar-refractivity contribution in [2.75, 3.05) is 20.2 Å². The van der Waals surface area contributed by atoms with Gasteiger partial charge in [-0.25, -0.2) is 14.7 Å². The number of rotatable bonds is 9. The van der Waals surface area contributed by atoms with E-state index in [0.29, 0.717) is 18.9 Å². The van der Waals surface area contributed by atoms with Crippen LogP contribution in [0.5, 0.6) is 5.75 Å². The summed E-state index contributed by atoms with van der Waals surface area (Å²) in [4.78, 5) is 10.1. The van der Waals surface area contributed by atoms with Gasteiger partial charge in [0.05, 0.1) is 6.61 Å². The van der Waals surface area contributed by atoms with Crippen LogP contribution in [0.15, 0.2) is 60.7 Å². The van der Waals surface area contributed by atoms with Crippen LogP contribution in [0.25, 0.3) is 0 Å². The highest BCUT2D eigenvalue weighted by Crippen LogP contribution is 2.41. The Labute approximate surface area is 168 Å². The van der Waals surface area contributed by atoms with Crippen molar-refractivity contribution in [1.82, 2.24) is 4.67 Å². The van der Waals surface area contributed by atoms with Crippen molar-refractivity contribution in [3.8, 4) is 5.75 Å². The number of likely N-dealkylation sites (N-methyl/N-ethyl adjacent to an activating group) is 1. The molecule has 1 atom stereocenters. The summed E-state index contributed by atoms with van der Waals surface area (Å²) in [6, 6.07) is 19.0. The molecule has 6 nitrogen and oxygen atoms in total. The molecule has 0 fully saturated rings. The molecular formula is C21H31N2O4P. The second kappa shape index (κ2) is 13.1. The molecule has 0 saturated carbocycles. The molecule has 28 heavy (non-hydrogen) atoms. The summed E-state index contributed by atoms with van der Waals surface area (Å²) < 4.78 is 24.0. The monoisotopic (exact) mass is 406 g/mol. The lowest BCUT2D eigenvalue weighted by molar-refractivity contribution is -0.141. The van der Waals surface area contributed by atoms with Crippen molar-refractivity contribution >= 4 is 13.6 Å². The van der Waals surface area contributed by atoms with Gasteiger partial charge in [0.25, 0.3) is 0 Å². The third kappa shape index (κ3) is 10.3. The number of nitrogens with two attached hydrogens (primary N) is 1. The van der Waals surface area contributed by atoms with E-state index in [4.69, 9.17) is 10.0 Å². The van der Waals surface area contributed by atoms with Gasteiger partial charge in [0.1, 0.15) is 5.75 Å². The molecule has 0 aromatic heterocycles. The van der Waals surface area contributed by atoms with Crippen molar-refractivity contribution in [3.63, 3.8) is 0 Å². The van der Waals surface area contributed by atoms with Crippen LogP contribution in [0, 0.1) is 0 Å². The summed E-state index contributed by atoms with van der Waals surface area (Å²) in [6.45, 7) is 4.63. The molecule has 154 valence electrons. The fourth-order valence-corrected chi connectivity index (χ4v) is 3.08. The van der Waals surface area contributed by atoms with E-state index in [1.807, 2.05) is 48.5 Å². The number of para-hydroxylation sites is 1. The average Bonchev–Trinajstić information content (AvgIpc) is 2.68. The third-order valence-electron chi connectivity index (χ3n) is 3.83. The van der Waals surface area contributed by atoms with Gasteiger partial charge in [-0.05, 0) is 37.6 Å². The molecular weight excluding hydrogens is 375 g/mol. The molecule has 7 heteroatoms. The minimum absolute atomic E-state index is 0.182. The number of hydrogen-bond acceptors (Lipinski definition) is 4. The average molecular weight is 406 g/mol. The number of hydrogen-bond donors (Lipinski definition) is 1. The molecule has 0 saturated heterocycles. The van der Waals surface area contributed by atoms with Gasteiger partial charge >= 0.3 is 13.6 Å². The Morgan fingerprint density at radius 3 is 2.18 bits per heavy atom. The maximum Gasteiger partial charge on any atom is 0.390 e. The molecule has 2 aromatic carbocycles. The molecule has 1 unspecified atom stereocenters. The number of unbranched alkanes of at least 4 members (excludes halogenated alkanes) is 1. The van der Waals surface area contributed by atoms with Crippen LogP contribution < -0.4 is 10.0 Å². The summed E-state index contributed by atoms with van der Waals surface area (Å²) in [5, 5.41) is 0. The van der Waals surface area contributed by atoms with E-state index >= 15 is 0 Å². The summed E-state index contributed by atoms with van der Waals surface area (Å²) >= 11 is 0. The van der Waals surface area contributed by atoms with Crippen LogP contribution in [0.4, 0.5) is 0 Å². The Hall–Kier alpha value is -2.14. The minimum atomic E-state index is -3.31. The maximum atomic E-state index is 12.4. The normalized spacial score (nSPS) is 12.5. The number of esters is 1. The zero-order valence-corrected chi connectivity index (χ0v) is 17.8. The van der Waals surface area contributed by atoms with Crippen LogP contribution in [0.1, 0.15) is 32.3 Å². The summed E-state index contributed by atoms with van der Waals surface area (Å²) in [7, 11) is -1.59. The third-order valence-corrected chi connectivity index (χ3v) is 5.45. The maximum absolute atomic E-state index is 12.4. The largest absolute Gasteiger partial charge is 0.466 e. The quantitative estimate of drug-likeness (QED) is 0.371. The molecule has 0 heterocycles. The summed E-state index contributed by atoms with van der Waals surface area (Å²) in [6.07, 6.45) is 2.82. The first-order valence-corrected chi connectivity index (χ1v) is 11.0.